The Morgan fingerprint density at radius 3 is 2.57 bits per heavy atom. The number of carbonyl (C=O) groups excluding carboxylic acids is 2. The Morgan fingerprint density at radius 1 is 1.29 bits per heavy atom. The molecule has 1 aromatic rings. The summed E-state index contributed by atoms with van der Waals surface area (Å²) in [5.41, 5.74) is 0.565. The van der Waals surface area contributed by atoms with Crippen molar-refractivity contribution < 1.29 is 14.3 Å². The van der Waals surface area contributed by atoms with Gasteiger partial charge in [-0.3, -0.25) is 9.59 Å². The Balaban J connectivity index is 1.79. The summed E-state index contributed by atoms with van der Waals surface area (Å²) in [7, 11) is 1.68. The third-order valence-electron chi connectivity index (χ3n) is 4.51. The minimum Gasteiger partial charge on any atom is -0.376 e. The fraction of sp³-hybridized carbons (Fsp3) is 0.500. The number of nitrogens with zero attached hydrogens (tertiary/aromatic N) is 1. The highest BCUT2D eigenvalue weighted by molar-refractivity contribution is 5.95. The molecule has 1 N–H and O–H groups in total. The Labute approximate surface area is 124 Å². The number of piperazine rings is 1. The number of hydrogen-bond donors (Lipinski definition) is 1. The molecular formula is C16H20N2O3. The Kier molecular flexibility index (Phi) is 3.68. The Hall–Kier alpha value is -1.88. The van der Waals surface area contributed by atoms with Crippen LogP contribution in [-0.4, -0.2) is 42.5 Å². The molecule has 3 rings (SSSR count). The van der Waals surface area contributed by atoms with Gasteiger partial charge in [-0.05, 0) is 24.8 Å². The minimum atomic E-state index is -0.582. The van der Waals surface area contributed by atoms with Crippen molar-refractivity contribution in [2.24, 2.45) is 0 Å². The van der Waals surface area contributed by atoms with E-state index in [2.05, 4.69) is 5.32 Å². The second kappa shape index (κ2) is 5.48. The van der Waals surface area contributed by atoms with E-state index in [0.717, 1.165) is 24.8 Å². The van der Waals surface area contributed by atoms with Gasteiger partial charge in [0.15, 0.2) is 0 Å². The van der Waals surface area contributed by atoms with Crippen LogP contribution in [0.25, 0.3) is 0 Å². The van der Waals surface area contributed by atoms with Crippen molar-refractivity contribution in [2.45, 2.75) is 30.9 Å². The van der Waals surface area contributed by atoms with Gasteiger partial charge in [-0.1, -0.05) is 30.3 Å². The molecule has 1 aliphatic heterocycles. The SMILES string of the molecule is COC1(CN2CC(=O)NC(c3ccccc3)C2=O)CCC1. The zero-order valence-corrected chi connectivity index (χ0v) is 12.2. The van der Waals surface area contributed by atoms with Crippen LogP contribution in [0.15, 0.2) is 30.3 Å². The predicted molar refractivity (Wildman–Crippen MR) is 77.5 cm³/mol. The molecule has 0 aromatic heterocycles. The third-order valence-corrected chi connectivity index (χ3v) is 4.51. The first-order valence-corrected chi connectivity index (χ1v) is 7.32. The zero-order chi connectivity index (χ0) is 14.9. The summed E-state index contributed by atoms with van der Waals surface area (Å²) in [6.07, 6.45) is 3.01. The fourth-order valence-corrected chi connectivity index (χ4v) is 3.05. The topological polar surface area (TPSA) is 58.6 Å². The largest absolute Gasteiger partial charge is 0.376 e. The van der Waals surface area contributed by atoms with Gasteiger partial charge in [0.2, 0.25) is 11.8 Å². The molecule has 1 saturated carbocycles. The number of nitrogens with one attached hydrogen (secondary N) is 1. The maximum atomic E-state index is 12.7. The van der Waals surface area contributed by atoms with Crippen LogP contribution in [0, 0.1) is 0 Å². The summed E-state index contributed by atoms with van der Waals surface area (Å²) >= 11 is 0. The fourth-order valence-electron chi connectivity index (χ4n) is 3.05. The van der Waals surface area contributed by atoms with E-state index in [1.54, 1.807) is 12.0 Å². The molecule has 0 radical (unpaired) electrons. The average Bonchev–Trinajstić information content (AvgIpc) is 2.47. The van der Waals surface area contributed by atoms with Crippen LogP contribution >= 0.6 is 0 Å². The Morgan fingerprint density at radius 2 is 2.00 bits per heavy atom. The highest BCUT2D eigenvalue weighted by Gasteiger charge is 2.43. The summed E-state index contributed by atoms with van der Waals surface area (Å²) in [4.78, 5) is 26.2. The lowest BCUT2D eigenvalue weighted by Crippen LogP contribution is -2.59. The van der Waals surface area contributed by atoms with Gasteiger partial charge in [0.1, 0.15) is 6.04 Å². The maximum absolute atomic E-state index is 12.7. The molecule has 5 heteroatoms. The van der Waals surface area contributed by atoms with Gasteiger partial charge in [0.05, 0.1) is 18.7 Å². The van der Waals surface area contributed by atoms with Crippen LogP contribution in [0.4, 0.5) is 0 Å². The van der Waals surface area contributed by atoms with Crippen molar-refractivity contribution in [3.63, 3.8) is 0 Å². The molecule has 1 heterocycles. The first-order chi connectivity index (χ1) is 10.1. The quantitative estimate of drug-likeness (QED) is 0.907. The lowest BCUT2D eigenvalue weighted by Gasteiger charge is -2.45. The molecule has 112 valence electrons. The van der Waals surface area contributed by atoms with Crippen LogP contribution < -0.4 is 5.32 Å². The maximum Gasteiger partial charge on any atom is 0.250 e. The van der Waals surface area contributed by atoms with E-state index in [9.17, 15) is 9.59 Å². The van der Waals surface area contributed by atoms with Gasteiger partial charge < -0.3 is 15.0 Å². The molecule has 0 bridgehead atoms. The van der Waals surface area contributed by atoms with Gasteiger partial charge in [-0.15, -0.1) is 0 Å². The third kappa shape index (κ3) is 2.65. The van der Waals surface area contributed by atoms with E-state index >= 15 is 0 Å². The number of methoxy groups -OCH3 is 1. The van der Waals surface area contributed by atoms with Gasteiger partial charge in [0, 0.05) is 7.11 Å². The van der Waals surface area contributed by atoms with Crippen molar-refractivity contribution in [1.82, 2.24) is 10.2 Å². The Bertz CT molecular complexity index is 534. The second-order valence-electron chi connectivity index (χ2n) is 5.85. The molecule has 1 aliphatic carbocycles. The number of ether oxygens (including phenoxy) is 1. The summed E-state index contributed by atoms with van der Waals surface area (Å²) in [6.45, 7) is 0.617. The molecule has 21 heavy (non-hydrogen) atoms. The first kappa shape index (κ1) is 14.1. The molecule has 1 unspecified atom stereocenters. The number of hydrogen-bond acceptors (Lipinski definition) is 3. The number of carbonyl (C=O) groups is 2. The monoisotopic (exact) mass is 288 g/mol. The van der Waals surface area contributed by atoms with Crippen LogP contribution in [0.5, 0.6) is 0 Å². The van der Waals surface area contributed by atoms with E-state index in [1.165, 1.54) is 0 Å². The van der Waals surface area contributed by atoms with Gasteiger partial charge >= 0.3 is 0 Å². The van der Waals surface area contributed by atoms with Crippen molar-refractivity contribution in [1.29, 1.82) is 0 Å². The van der Waals surface area contributed by atoms with E-state index in [0.29, 0.717) is 6.54 Å². The van der Waals surface area contributed by atoms with Crippen LogP contribution in [-0.2, 0) is 14.3 Å². The molecule has 2 amide bonds. The van der Waals surface area contributed by atoms with Gasteiger partial charge in [-0.2, -0.15) is 0 Å². The molecule has 5 nitrogen and oxygen atoms in total. The summed E-state index contributed by atoms with van der Waals surface area (Å²) < 4.78 is 5.58. The zero-order valence-electron chi connectivity index (χ0n) is 12.2. The lowest BCUT2D eigenvalue weighted by atomic mass is 9.79. The van der Waals surface area contributed by atoms with Crippen LogP contribution in [0.2, 0.25) is 0 Å². The standard InChI is InChI=1S/C16H20N2O3/c1-21-16(8-5-9-16)11-18-10-13(19)17-14(15(18)20)12-6-3-2-4-7-12/h2-4,6-7,14H,5,8-11H2,1H3,(H,17,19). The van der Waals surface area contributed by atoms with Crippen LogP contribution in [0.3, 0.4) is 0 Å². The average molecular weight is 288 g/mol. The van der Waals surface area contributed by atoms with E-state index < -0.39 is 6.04 Å². The van der Waals surface area contributed by atoms with E-state index in [1.807, 2.05) is 30.3 Å². The first-order valence-electron chi connectivity index (χ1n) is 7.32. The smallest absolute Gasteiger partial charge is 0.250 e. The molecule has 1 aromatic carbocycles. The van der Waals surface area contributed by atoms with Gasteiger partial charge in [0.25, 0.3) is 0 Å². The molecule has 1 saturated heterocycles. The highest BCUT2D eigenvalue weighted by Crippen LogP contribution is 2.36. The highest BCUT2D eigenvalue weighted by atomic mass is 16.5. The molecular weight excluding hydrogens is 268 g/mol. The molecule has 2 aliphatic rings. The van der Waals surface area contributed by atoms with E-state index in [-0.39, 0.29) is 24.0 Å². The lowest BCUT2D eigenvalue weighted by molar-refractivity contribution is -0.153. The minimum absolute atomic E-state index is 0.0517. The normalized spacial score (nSPS) is 24.4. The summed E-state index contributed by atoms with van der Waals surface area (Å²) in [5, 5.41) is 2.78. The van der Waals surface area contributed by atoms with Crippen molar-refractivity contribution >= 4 is 11.8 Å². The van der Waals surface area contributed by atoms with Crippen molar-refractivity contribution in [3.05, 3.63) is 35.9 Å². The van der Waals surface area contributed by atoms with Crippen molar-refractivity contribution in [3.8, 4) is 0 Å². The van der Waals surface area contributed by atoms with Crippen LogP contribution in [0.1, 0.15) is 30.9 Å². The molecule has 0 spiro atoms. The number of rotatable bonds is 4. The van der Waals surface area contributed by atoms with Crippen molar-refractivity contribution in [2.75, 3.05) is 20.2 Å². The summed E-state index contributed by atoms with van der Waals surface area (Å²) in [6, 6.07) is 8.78. The van der Waals surface area contributed by atoms with Gasteiger partial charge in [-0.25, -0.2) is 0 Å². The number of amides is 2. The summed E-state index contributed by atoms with van der Waals surface area (Å²) in [5.74, 6) is -0.168. The predicted octanol–water partition coefficient (Wildman–Crippen LogP) is 1.26. The molecule has 2 fully saturated rings. The molecule has 1 atom stereocenters. The van der Waals surface area contributed by atoms with E-state index in [4.69, 9.17) is 4.74 Å². The number of benzene rings is 1. The second-order valence-corrected chi connectivity index (χ2v) is 5.85.